The van der Waals surface area contributed by atoms with Gasteiger partial charge in [-0.2, -0.15) is 0 Å². The minimum absolute atomic E-state index is 0.0909. The molecule has 0 unspecified atom stereocenters. The first-order chi connectivity index (χ1) is 8.11. The molecule has 1 heterocycles. The van der Waals surface area contributed by atoms with E-state index < -0.39 is 0 Å². The number of nitrogens with one attached hydrogen (secondary N) is 1. The molecule has 0 saturated heterocycles. The SMILES string of the molecule is CCc1nc(-c2cccc(Cl)c2)[nH]c(=O)c1C. The van der Waals surface area contributed by atoms with Gasteiger partial charge in [0.15, 0.2) is 0 Å². The standard InChI is InChI=1S/C13H13ClN2O/c1-3-11-8(2)13(17)16-12(15-11)9-5-4-6-10(14)7-9/h4-7H,3H2,1-2H3,(H,15,16,17). The third kappa shape index (κ3) is 2.39. The number of hydrogen-bond acceptors (Lipinski definition) is 2. The molecule has 2 rings (SSSR count). The van der Waals surface area contributed by atoms with Crippen molar-refractivity contribution in [2.45, 2.75) is 20.3 Å². The van der Waals surface area contributed by atoms with Crippen molar-refractivity contribution in [2.24, 2.45) is 0 Å². The molecule has 88 valence electrons. The first kappa shape index (κ1) is 11.9. The van der Waals surface area contributed by atoms with Gasteiger partial charge in [0, 0.05) is 16.1 Å². The minimum Gasteiger partial charge on any atom is -0.306 e. The summed E-state index contributed by atoms with van der Waals surface area (Å²) in [5.74, 6) is 0.569. The van der Waals surface area contributed by atoms with Crippen LogP contribution in [0.4, 0.5) is 0 Å². The fourth-order valence-electron chi connectivity index (χ4n) is 1.70. The Morgan fingerprint density at radius 1 is 1.41 bits per heavy atom. The van der Waals surface area contributed by atoms with Crippen molar-refractivity contribution in [3.63, 3.8) is 0 Å². The summed E-state index contributed by atoms with van der Waals surface area (Å²) in [7, 11) is 0. The molecule has 0 amide bonds. The summed E-state index contributed by atoms with van der Waals surface area (Å²) in [6.45, 7) is 3.77. The third-order valence-electron chi connectivity index (χ3n) is 2.69. The van der Waals surface area contributed by atoms with Crippen LogP contribution in [-0.4, -0.2) is 9.97 Å². The van der Waals surface area contributed by atoms with Gasteiger partial charge in [-0.25, -0.2) is 4.98 Å². The average molecular weight is 249 g/mol. The lowest BCUT2D eigenvalue weighted by atomic mass is 10.1. The molecule has 4 heteroatoms. The number of aromatic amines is 1. The number of aryl methyl sites for hydroxylation is 1. The maximum Gasteiger partial charge on any atom is 0.254 e. The summed E-state index contributed by atoms with van der Waals surface area (Å²) in [5, 5.41) is 0.628. The van der Waals surface area contributed by atoms with E-state index in [1.54, 1.807) is 19.1 Å². The summed E-state index contributed by atoms with van der Waals surface area (Å²) in [5.41, 5.74) is 2.23. The fourth-order valence-corrected chi connectivity index (χ4v) is 1.89. The van der Waals surface area contributed by atoms with Crippen molar-refractivity contribution in [1.29, 1.82) is 0 Å². The highest BCUT2D eigenvalue weighted by molar-refractivity contribution is 6.30. The normalized spacial score (nSPS) is 10.5. The van der Waals surface area contributed by atoms with Gasteiger partial charge in [0.2, 0.25) is 0 Å². The molecule has 1 aromatic carbocycles. The maximum absolute atomic E-state index is 11.7. The van der Waals surface area contributed by atoms with E-state index in [2.05, 4.69) is 9.97 Å². The monoisotopic (exact) mass is 248 g/mol. The van der Waals surface area contributed by atoms with Gasteiger partial charge in [-0.05, 0) is 25.5 Å². The lowest BCUT2D eigenvalue weighted by Crippen LogP contribution is -2.15. The molecule has 17 heavy (non-hydrogen) atoms. The third-order valence-corrected chi connectivity index (χ3v) is 2.92. The zero-order chi connectivity index (χ0) is 12.4. The van der Waals surface area contributed by atoms with Crippen molar-refractivity contribution < 1.29 is 0 Å². The average Bonchev–Trinajstić information content (AvgIpc) is 2.32. The first-order valence-electron chi connectivity index (χ1n) is 5.47. The van der Waals surface area contributed by atoms with Crippen LogP contribution in [0.1, 0.15) is 18.2 Å². The highest BCUT2D eigenvalue weighted by Gasteiger charge is 2.07. The Hall–Kier alpha value is -1.61. The molecule has 0 aliphatic heterocycles. The van der Waals surface area contributed by atoms with E-state index >= 15 is 0 Å². The number of H-pyrrole nitrogens is 1. The minimum atomic E-state index is -0.0909. The zero-order valence-corrected chi connectivity index (χ0v) is 10.5. The molecular weight excluding hydrogens is 236 g/mol. The van der Waals surface area contributed by atoms with Crippen LogP contribution in [0.5, 0.6) is 0 Å². The van der Waals surface area contributed by atoms with E-state index in [4.69, 9.17) is 11.6 Å². The topological polar surface area (TPSA) is 45.8 Å². The van der Waals surface area contributed by atoms with Crippen molar-refractivity contribution >= 4 is 11.6 Å². The van der Waals surface area contributed by atoms with E-state index in [1.165, 1.54) is 0 Å². The lowest BCUT2D eigenvalue weighted by molar-refractivity contribution is 0.955. The highest BCUT2D eigenvalue weighted by Crippen LogP contribution is 2.19. The van der Waals surface area contributed by atoms with Crippen LogP contribution in [-0.2, 0) is 6.42 Å². The molecular formula is C13H13ClN2O. The lowest BCUT2D eigenvalue weighted by Gasteiger charge is -2.06. The Kier molecular flexibility index (Phi) is 3.29. The highest BCUT2D eigenvalue weighted by atomic mass is 35.5. The molecule has 1 aromatic heterocycles. The molecule has 0 aliphatic rings. The van der Waals surface area contributed by atoms with Gasteiger partial charge in [-0.1, -0.05) is 30.7 Å². The van der Waals surface area contributed by atoms with Gasteiger partial charge in [0.25, 0.3) is 5.56 Å². The summed E-state index contributed by atoms with van der Waals surface area (Å²) in [4.78, 5) is 19.0. The van der Waals surface area contributed by atoms with E-state index in [-0.39, 0.29) is 5.56 Å². The molecule has 0 spiro atoms. The van der Waals surface area contributed by atoms with Gasteiger partial charge < -0.3 is 4.98 Å². The van der Waals surface area contributed by atoms with Crippen LogP contribution in [0.15, 0.2) is 29.1 Å². The molecule has 0 atom stereocenters. The number of aromatic nitrogens is 2. The molecule has 0 radical (unpaired) electrons. The van der Waals surface area contributed by atoms with Crippen LogP contribution in [0.2, 0.25) is 5.02 Å². The predicted octanol–water partition coefficient (Wildman–Crippen LogP) is 2.96. The van der Waals surface area contributed by atoms with E-state index in [1.807, 2.05) is 19.1 Å². The molecule has 3 nitrogen and oxygen atoms in total. The smallest absolute Gasteiger partial charge is 0.254 e. The largest absolute Gasteiger partial charge is 0.306 e. The summed E-state index contributed by atoms with van der Waals surface area (Å²) in [6.07, 6.45) is 0.739. The number of hydrogen-bond donors (Lipinski definition) is 1. The quantitative estimate of drug-likeness (QED) is 0.888. The van der Waals surface area contributed by atoms with Crippen molar-refractivity contribution in [2.75, 3.05) is 0 Å². The van der Waals surface area contributed by atoms with Crippen molar-refractivity contribution in [1.82, 2.24) is 9.97 Å². The zero-order valence-electron chi connectivity index (χ0n) is 9.75. The van der Waals surface area contributed by atoms with E-state index in [9.17, 15) is 4.79 Å². The molecule has 0 saturated carbocycles. The second-order valence-electron chi connectivity index (χ2n) is 3.85. The molecule has 2 aromatic rings. The van der Waals surface area contributed by atoms with Crippen LogP contribution >= 0.6 is 11.6 Å². The fraction of sp³-hybridized carbons (Fsp3) is 0.231. The number of rotatable bonds is 2. The molecule has 1 N–H and O–H groups in total. The van der Waals surface area contributed by atoms with Gasteiger partial charge >= 0.3 is 0 Å². The maximum atomic E-state index is 11.7. The van der Waals surface area contributed by atoms with E-state index in [0.29, 0.717) is 16.4 Å². The molecule has 0 aliphatic carbocycles. The van der Waals surface area contributed by atoms with Gasteiger partial charge in [-0.3, -0.25) is 4.79 Å². The Morgan fingerprint density at radius 3 is 2.82 bits per heavy atom. The molecule has 0 bridgehead atoms. The Bertz CT molecular complexity index is 605. The number of nitrogens with zero attached hydrogens (tertiary/aromatic N) is 1. The second kappa shape index (κ2) is 4.72. The van der Waals surface area contributed by atoms with Crippen molar-refractivity contribution in [3.05, 3.63) is 50.9 Å². The summed E-state index contributed by atoms with van der Waals surface area (Å²) >= 11 is 5.92. The summed E-state index contributed by atoms with van der Waals surface area (Å²) < 4.78 is 0. The Balaban J connectivity index is 2.61. The van der Waals surface area contributed by atoms with Crippen LogP contribution in [0.25, 0.3) is 11.4 Å². The number of halogens is 1. The number of benzene rings is 1. The Morgan fingerprint density at radius 2 is 2.18 bits per heavy atom. The van der Waals surface area contributed by atoms with Crippen LogP contribution < -0.4 is 5.56 Å². The van der Waals surface area contributed by atoms with Gasteiger partial charge in [0.1, 0.15) is 5.82 Å². The van der Waals surface area contributed by atoms with Crippen LogP contribution in [0.3, 0.4) is 0 Å². The van der Waals surface area contributed by atoms with E-state index in [0.717, 1.165) is 17.7 Å². The van der Waals surface area contributed by atoms with Crippen molar-refractivity contribution in [3.8, 4) is 11.4 Å². The predicted molar refractivity (Wildman–Crippen MR) is 69.4 cm³/mol. The second-order valence-corrected chi connectivity index (χ2v) is 4.29. The van der Waals surface area contributed by atoms with Gasteiger partial charge in [0.05, 0.1) is 5.69 Å². The summed E-state index contributed by atoms with van der Waals surface area (Å²) in [6, 6.07) is 7.29. The van der Waals surface area contributed by atoms with Gasteiger partial charge in [-0.15, -0.1) is 0 Å². The molecule has 0 fully saturated rings. The first-order valence-corrected chi connectivity index (χ1v) is 5.85. The van der Waals surface area contributed by atoms with Crippen LogP contribution in [0, 0.1) is 6.92 Å². The Labute approximate surface area is 104 Å².